The lowest BCUT2D eigenvalue weighted by molar-refractivity contribution is 0.0866. The van der Waals surface area contributed by atoms with E-state index in [1.54, 1.807) is 11.9 Å². The molecule has 6 rings (SSSR count). The molecule has 0 saturated carbocycles. The number of hydrogen-bond donors (Lipinski definition) is 1. The van der Waals surface area contributed by atoms with Gasteiger partial charge in [0.15, 0.2) is 5.82 Å². The largest absolute Gasteiger partial charge is 0.338 e. The normalized spacial score (nSPS) is 16.2. The Balaban J connectivity index is 1.42. The molecule has 176 valence electrons. The third-order valence-electron chi connectivity index (χ3n) is 6.17. The van der Waals surface area contributed by atoms with Gasteiger partial charge < -0.3 is 5.32 Å². The fourth-order valence-corrected chi connectivity index (χ4v) is 5.00. The fourth-order valence-electron chi connectivity index (χ4n) is 4.53. The summed E-state index contributed by atoms with van der Waals surface area (Å²) in [5, 5.41) is 14.3. The third kappa shape index (κ3) is 3.75. The van der Waals surface area contributed by atoms with Gasteiger partial charge in [-0.25, -0.2) is 9.67 Å². The topological polar surface area (TPSA) is 91.5 Å². The van der Waals surface area contributed by atoms with Crippen LogP contribution in [0.3, 0.4) is 0 Å². The molecule has 2 aliphatic rings. The van der Waals surface area contributed by atoms with Crippen molar-refractivity contribution in [3.05, 3.63) is 71.1 Å². The molecule has 0 radical (unpaired) electrons. The van der Waals surface area contributed by atoms with Crippen LogP contribution in [-0.4, -0.2) is 55.3 Å². The maximum absolute atomic E-state index is 13.5. The van der Waals surface area contributed by atoms with Gasteiger partial charge >= 0.3 is 0 Å². The summed E-state index contributed by atoms with van der Waals surface area (Å²) in [7, 11) is 1.77. The number of nitrogens with one attached hydrogen (secondary N) is 1. The number of hydrogen-bond acceptors (Lipinski definition) is 8. The van der Waals surface area contributed by atoms with E-state index in [1.165, 1.54) is 11.5 Å². The van der Waals surface area contributed by atoms with Crippen LogP contribution < -0.4 is 10.2 Å². The highest BCUT2D eigenvalue weighted by Crippen LogP contribution is 2.39. The van der Waals surface area contributed by atoms with Gasteiger partial charge in [0.1, 0.15) is 17.1 Å². The minimum atomic E-state index is -0.309. The zero-order chi connectivity index (χ0) is 24.2. The van der Waals surface area contributed by atoms with Crippen LogP contribution in [0.1, 0.15) is 29.8 Å². The zero-order valence-corrected chi connectivity index (χ0v) is 20.5. The highest BCUT2D eigenvalue weighted by molar-refractivity contribution is 7.03. The molecule has 4 aromatic rings. The maximum Gasteiger partial charge on any atom is 0.267 e. The first-order valence-corrected chi connectivity index (χ1v) is 12.2. The van der Waals surface area contributed by atoms with Crippen LogP contribution in [-0.2, 0) is 6.54 Å². The Labute approximate surface area is 206 Å². The van der Waals surface area contributed by atoms with E-state index in [9.17, 15) is 4.79 Å². The second kappa shape index (κ2) is 8.02. The summed E-state index contributed by atoms with van der Waals surface area (Å²) < 4.78 is 5.85. The number of fused-ring (bicyclic) bond motifs is 3. The van der Waals surface area contributed by atoms with Gasteiger partial charge in [0.2, 0.25) is 5.96 Å². The van der Waals surface area contributed by atoms with E-state index in [0.717, 1.165) is 28.3 Å². The summed E-state index contributed by atoms with van der Waals surface area (Å²) in [5.41, 5.74) is 4.06. The molecular weight excluding hydrogens is 460 g/mol. The number of aliphatic imine (C=N–C) groups is 1. The first-order chi connectivity index (χ1) is 16.9. The number of aromatic nitrogens is 4. The zero-order valence-electron chi connectivity index (χ0n) is 19.6. The molecule has 0 atom stereocenters. The van der Waals surface area contributed by atoms with E-state index in [4.69, 9.17) is 10.1 Å². The van der Waals surface area contributed by atoms with E-state index in [2.05, 4.69) is 45.8 Å². The molecule has 0 aliphatic carbocycles. The van der Waals surface area contributed by atoms with Gasteiger partial charge in [0.05, 0.1) is 18.6 Å². The number of anilines is 3. The van der Waals surface area contributed by atoms with Crippen molar-refractivity contribution in [2.24, 2.45) is 4.99 Å². The monoisotopic (exact) mass is 484 g/mol. The molecule has 1 amide bonds. The summed E-state index contributed by atoms with van der Waals surface area (Å²) in [6, 6.07) is 18.0. The average Bonchev–Trinajstić information content (AvgIpc) is 3.57. The SMILES string of the molecule is CN1C(=O)c2c(Nc3ccccc3)nn(Cc3ccc(-c4csnn4)cc3)c2N2CC(C)(C)N=C12. The lowest BCUT2D eigenvalue weighted by Gasteiger charge is -2.32. The van der Waals surface area contributed by atoms with Crippen molar-refractivity contribution in [3.63, 3.8) is 0 Å². The Bertz CT molecular complexity index is 1420. The number of carbonyl (C=O) groups is 1. The van der Waals surface area contributed by atoms with E-state index in [0.29, 0.717) is 30.4 Å². The van der Waals surface area contributed by atoms with Crippen LogP contribution >= 0.6 is 11.5 Å². The van der Waals surface area contributed by atoms with Crippen LogP contribution in [0.5, 0.6) is 0 Å². The fraction of sp³-hybridized carbons (Fsp3) is 0.240. The number of benzene rings is 2. The van der Waals surface area contributed by atoms with E-state index in [-0.39, 0.29) is 11.4 Å². The summed E-state index contributed by atoms with van der Waals surface area (Å²) in [5.74, 6) is 1.84. The van der Waals surface area contributed by atoms with Crippen LogP contribution in [0.2, 0.25) is 0 Å². The molecule has 0 unspecified atom stereocenters. The Kier molecular flexibility index (Phi) is 4.92. The maximum atomic E-state index is 13.5. The van der Waals surface area contributed by atoms with E-state index in [1.807, 2.05) is 52.5 Å². The predicted octanol–water partition coefficient (Wildman–Crippen LogP) is 4.23. The molecule has 35 heavy (non-hydrogen) atoms. The molecule has 0 bridgehead atoms. The molecule has 2 aromatic carbocycles. The molecule has 0 spiro atoms. The quantitative estimate of drug-likeness (QED) is 0.456. The number of rotatable bonds is 5. The highest BCUT2D eigenvalue weighted by Gasteiger charge is 2.45. The standard InChI is InChI=1S/C25H24N8OS/c1-25(2)15-32-22-20(23(34)31(3)24(32)27-25)21(26-18-7-5-4-6-8-18)29-33(22)13-16-9-11-17(12-10-16)19-14-35-30-28-19/h4-12,14H,13,15H2,1-3H3,(H,26,29). The van der Waals surface area contributed by atoms with E-state index >= 15 is 0 Å². The smallest absolute Gasteiger partial charge is 0.267 e. The summed E-state index contributed by atoms with van der Waals surface area (Å²) >= 11 is 1.33. The number of guanidine groups is 1. The first-order valence-electron chi connectivity index (χ1n) is 11.3. The Hall–Kier alpha value is -4.05. The van der Waals surface area contributed by atoms with Gasteiger partial charge in [-0.2, -0.15) is 5.10 Å². The van der Waals surface area contributed by atoms with Crippen molar-refractivity contribution in [2.75, 3.05) is 23.8 Å². The Morgan fingerprint density at radius 1 is 1.09 bits per heavy atom. The molecule has 0 saturated heterocycles. The molecule has 1 N–H and O–H groups in total. The van der Waals surface area contributed by atoms with Crippen molar-refractivity contribution in [1.82, 2.24) is 24.3 Å². The van der Waals surface area contributed by atoms with Crippen LogP contribution in [0, 0.1) is 0 Å². The summed E-state index contributed by atoms with van der Waals surface area (Å²) in [6.07, 6.45) is 0. The van der Waals surface area contributed by atoms with Gasteiger partial charge in [-0.3, -0.25) is 14.6 Å². The minimum absolute atomic E-state index is 0.122. The van der Waals surface area contributed by atoms with Gasteiger partial charge in [-0.15, -0.1) is 5.10 Å². The average molecular weight is 485 g/mol. The second-order valence-electron chi connectivity index (χ2n) is 9.36. The molecule has 10 heteroatoms. The lowest BCUT2D eigenvalue weighted by Crippen LogP contribution is -2.49. The molecule has 0 fully saturated rings. The van der Waals surface area contributed by atoms with Gasteiger partial charge in [-0.1, -0.05) is 47.0 Å². The molecule has 2 aromatic heterocycles. The molecular formula is C25H24N8OS. The molecule has 9 nitrogen and oxygen atoms in total. The summed E-state index contributed by atoms with van der Waals surface area (Å²) in [6.45, 7) is 5.33. The molecule has 4 heterocycles. The van der Waals surface area contributed by atoms with Gasteiger partial charge in [0, 0.05) is 23.7 Å². The van der Waals surface area contributed by atoms with Gasteiger partial charge in [0.25, 0.3) is 5.91 Å². The van der Waals surface area contributed by atoms with Crippen molar-refractivity contribution in [2.45, 2.75) is 25.9 Å². The second-order valence-corrected chi connectivity index (χ2v) is 9.97. The molecule has 2 aliphatic heterocycles. The predicted molar refractivity (Wildman–Crippen MR) is 137 cm³/mol. The Morgan fingerprint density at radius 2 is 1.86 bits per heavy atom. The van der Waals surface area contributed by atoms with Crippen LogP contribution in [0.15, 0.2) is 65.0 Å². The van der Waals surface area contributed by atoms with Crippen LogP contribution in [0.4, 0.5) is 17.3 Å². The number of para-hydroxylation sites is 1. The third-order valence-corrected chi connectivity index (χ3v) is 6.67. The van der Waals surface area contributed by atoms with Crippen molar-refractivity contribution < 1.29 is 4.79 Å². The first kappa shape index (κ1) is 21.5. The van der Waals surface area contributed by atoms with Crippen molar-refractivity contribution >= 4 is 40.7 Å². The van der Waals surface area contributed by atoms with E-state index < -0.39 is 0 Å². The van der Waals surface area contributed by atoms with Crippen molar-refractivity contribution in [3.8, 4) is 11.3 Å². The number of carbonyl (C=O) groups excluding carboxylic acids is 1. The number of nitrogens with zero attached hydrogens (tertiary/aromatic N) is 7. The summed E-state index contributed by atoms with van der Waals surface area (Å²) in [4.78, 5) is 22.1. The van der Waals surface area contributed by atoms with Crippen molar-refractivity contribution in [1.29, 1.82) is 0 Å². The van der Waals surface area contributed by atoms with Crippen LogP contribution in [0.25, 0.3) is 11.3 Å². The minimum Gasteiger partial charge on any atom is -0.338 e. The Morgan fingerprint density at radius 3 is 2.57 bits per heavy atom. The van der Waals surface area contributed by atoms with Gasteiger partial charge in [-0.05, 0) is 43.1 Å². The highest BCUT2D eigenvalue weighted by atomic mass is 32.1. The lowest BCUT2D eigenvalue weighted by atomic mass is 10.1. The number of amides is 1.